The summed E-state index contributed by atoms with van der Waals surface area (Å²) >= 11 is 2.82. The van der Waals surface area contributed by atoms with Gasteiger partial charge < -0.3 is 0 Å². The van der Waals surface area contributed by atoms with Crippen LogP contribution in [0.4, 0.5) is 14.5 Å². The van der Waals surface area contributed by atoms with Gasteiger partial charge in [0.25, 0.3) is 0 Å². The van der Waals surface area contributed by atoms with Crippen LogP contribution in [0.2, 0.25) is 0 Å². The molecule has 1 aromatic carbocycles. The lowest BCUT2D eigenvalue weighted by molar-refractivity contribution is 0.591. The molecule has 0 radical (unpaired) electrons. The number of hydrogen-bond donors (Lipinski definition) is 1. The minimum atomic E-state index is -3.80. The van der Waals surface area contributed by atoms with Gasteiger partial charge in [-0.05, 0) is 34.1 Å². The zero-order valence-electron chi connectivity index (χ0n) is 10.7. The van der Waals surface area contributed by atoms with Gasteiger partial charge in [-0.1, -0.05) is 6.07 Å². The molecule has 0 aliphatic rings. The Morgan fingerprint density at radius 3 is 2.62 bits per heavy atom. The van der Waals surface area contributed by atoms with Crippen molar-refractivity contribution in [1.82, 2.24) is 4.98 Å². The molecule has 2 aromatic rings. The molecule has 0 saturated carbocycles. The molecule has 1 heterocycles. The fourth-order valence-electron chi connectivity index (χ4n) is 1.60. The predicted molar refractivity (Wildman–Crippen MR) is 79.4 cm³/mol. The van der Waals surface area contributed by atoms with E-state index >= 15 is 0 Å². The van der Waals surface area contributed by atoms with Gasteiger partial charge in [0.2, 0.25) is 10.0 Å². The van der Waals surface area contributed by atoms with Crippen molar-refractivity contribution in [2.24, 2.45) is 0 Å². The van der Waals surface area contributed by atoms with E-state index in [2.05, 4.69) is 20.9 Å². The van der Waals surface area contributed by atoms with Gasteiger partial charge in [0.1, 0.15) is 11.6 Å². The summed E-state index contributed by atoms with van der Waals surface area (Å²) in [6.45, 7) is 0. The summed E-state index contributed by atoms with van der Waals surface area (Å²) in [4.78, 5) is 4.00. The van der Waals surface area contributed by atoms with E-state index in [0.717, 1.165) is 12.1 Å². The number of aryl methyl sites for hydroxylation is 1. The number of anilines is 1. The largest absolute Gasteiger partial charge is 0.280 e. The van der Waals surface area contributed by atoms with Gasteiger partial charge in [0.15, 0.2) is 0 Å². The number of sulfonamides is 1. The van der Waals surface area contributed by atoms with Crippen molar-refractivity contribution >= 4 is 31.6 Å². The zero-order valence-corrected chi connectivity index (χ0v) is 13.1. The van der Waals surface area contributed by atoms with E-state index in [1.165, 1.54) is 0 Å². The molecular weight excluding hydrogens is 366 g/mol. The highest BCUT2D eigenvalue weighted by Gasteiger charge is 2.16. The first-order chi connectivity index (χ1) is 9.87. The molecule has 0 fully saturated rings. The van der Waals surface area contributed by atoms with Crippen molar-refractivity contribution in [1.29, 1.82) is 0 Å². The number of rotatable bonds is 5. The van der Waals surface area contributed by atoms with Gasteiger partial charge >= 0.3 is 0 Å². The van der Waals surface area contributed by atoms with E-state index < -0.39 is 27.3 Å². The maximum absolute atomic E-state index is 13.6. The fourth-order valence-corrected chi connectivity index (χ4v) is 2.99. The first kappa shape index (κ1) is 15.8. The van der Waals surface area contributed by atoms with Crippen LogP contribution in [0.15, 0.2) is 41.0 Å². The molecule has 1 N–H and O–H groups in total. The number of aromatic nitrogens is 1. The smallest absolute Gasteiger partial charge is 0.233 e. The maximum atomic E-state index is 13.6. The molecule has 112 valence electrons. The summed E-state index contributed by atoms with van der Waals surface area (Å²) in [5.41, 5.74) is 0.182. The average molecular weight is 377 g/mol. The van der Waals surface area contributed by atoms with Gasteiger partial charge in [-0.15, -0.1) is 0 Å². The van der Waals surface area contributed by atoms with E-state index in [1.54, 1.807) is 24.4 Å². The minimum absolute atomic E-state index is 0.0727. The van der Waals surface area contributed by atoms with Gasteiger partial charge in [-0.3, -0.25) is 9.71 Å². The Labute approximate surface area is 129 Å². The minimum Gasteiger partial charge on any atom is -0.280 e. The lowest BCUT2D eigenvalue weighted by atomic mass is 10.3. The number of halogens is 3. The molecule has 0 aliphatic heterocycles. The first-order valence-electron chi connectivity index (χ1n) is 5.92. The predicted octanol–water partition coefficient (Wildman–Crippen LogP) is 3.11. The van der Waals surface area contributed by atoms with Crippen LogP contribution in [0, 0.1) is 11.6 Å². The second kappa shape index (κ2) is 6.48. The Hall–Kier alpha value is -1.54. The summed E-state index contributed by atoms with van der Waals surface area (Å²) in [5, 5.41) is 0. The average Bonchev–Trinajstić information content (AvgIpc) is 2.44. The lowest BCUT2D eigenvalue weighted by Crippen LogP contribution is -2.19. The van der Waals surface area contributed by atoms with E-state index in [-0.39, 0.29) is 16.6 Å². The third-order valence-corrected chi connectivity index (χ3v) is 4.51. The fraction of sp³-hybridized carbons (Fsp3) is 0.154. The summed E-state index contributed by atoms with van der Waals surface area (Å²) in [6, 6.07) is 6.81. The molecular formula is C13H11BrF2N2O2S. The molecule has 0 aliphatic carbocycles. The van der Waals surface area contributed by atoms with Crippen molar-refractivity contribution < 1.29 is 17.2 Å². The van der Waals surface area contributed by atoms with Gasteiger partial charge in [-0.2, -0.15) is 0 Å². The second-order valence-corrected chi connectivity index (χ2v) is 6.93. The van der Waals surface area contributed by atoms with Gasteiger partial charge in [0, 0.05) is 24.4 Å². The van der Waals surface area contributed by atoms with Crippen molar-refractivity contribution in [3.05, 3.63) is 58.3 Å². The number of pyridine rings is 1. The highest BCUT2D eigenvalue weighted by Crippen LogP contribution is 2.24. The van der Waals surface area contributed by atoms with Crippen molar-refractivity contribution in [2.75, 3.05) is 10.5 Å². The van der Waals surface area contributed by atoms with Gasteiger partial charge in [0.05, 0.1) is 15.9 Å². The zero-order chi connectivity index (χ0) is 15.5. The van der Waals surface area contributed by atoms with Crippen molar-refractivity contribution in [3.63, 3.8) is 0 Å². The normalized spacial score (nSPS) is 11.4. The molecule has 0 spiro atoms. The molecule has 0 saturated heterocycles. The lowest BCUT2D eigenvalue weighted by Gasteiger charge is -2.09. The van der Waals surface area contributed by atoms with Crippen LogP contribution < -0.4 is 4.72 Å². The van der Waals surface area contributed by atoms with Gasteiger partial charge in [-0.25, -0.2) is 17.2 Å². The Morgan fingerprint density at radius 2 is 1.95 bits per heavy atom. The molecule has 0 bridgehead atoms. The Balaban J connectivity index is 2.09. The topological polar surface area (TPSA) is 59.1 Å². The highest BCUT2D eigenvalue weighted by molar-refractivity contribution is 9.10. The second-order valence-electron chi connectivity index (χ2n) is 4.24. The van der Waals surface area contributed by atoms with Crippen LogP contribution in [0.1, 0.15) is 5.69 Å². The van der Waals surface area contributed by atoms with Crippen LogP contribution >= 0.6 is 15.9 Å². The highest BCUT2D eigenvalue weighted by atomic mass is 79.9. The number of nitrogens with zero attached hydrogens (tertiary/aromatic N) is 1. The standard InChI is InChI=1S/C13H11BrF2N2O2S/c14-10-7-12(16)13(8-11(10)15)18-21(19,20)6-4-9-3-1-2-5-17-9/h1-3,5,7-8,18H,4,6H2. The maximum Gasteiger partial charge on any atom is 0.233 e. The third kappa shape index (κ3) is 4.47. The van der Waals surface area contributed by atoms with Crippen LogP contribution in [0.3, 0.4) is 0 Å². The number of benzene rings is 1. The summed E-state index contributed by atoms with van der Waals surface area (Å²) in [5.74, 6) is -1.88. The number of nitrogens with one attached hydrogen (secondary N) is 1. The van der Waals surface area contributed by atoms with E-state index in [9.17, 15) is 17.2 Å². The molecule has 1 aromatic heterocycles. The Kier molecular flexibility index (Phi) is 4.89. The molecule has 0 atom stereocenters. The van der Waals surface area contributed by atoms with Crippen molar-refractivity contribution in [2.45, 2.75) is 6.42 Å². The van der Waals surface area contributed by atoms with E-state index in [1.807, 2.05) is 4.72 Å². The SMILES string of the molecule is O=S(=O)(CCc1ccccn1)Nc1cc(F)c(Br)cc1F. The first-order valence-corrected chi connectivity index (χ1v) is 8.37. The van der Waals surface area contributed by atoms with Crippen LogP contribution in [-0.2, 0) is 16.4 Å². The molecule has 4 nitrogen and oxygen atoms in total. The van der Waals surface area contributed by atoms with Crippen LogP contribution in [0.5, 0.6) is 0 Å². The molecule has 0 unspecified atom stereocenters. The summed E-state index contributed by atoms with van der Waals surface area (Å²) in [7, 11) is -3.80. The Morgan fingerprint density at radius 1 is 1.19 bits per heavy atom. The monoisotopic (exact) mass is 376 g/mol. The molecule has 21 heavy (non-hydrogen) atoms. The third-order valence-electron chi connectivity index (χ3n) is 2.63. The molecule has 8 heteroatoms. The quantitative estimate of drug-likeness (QED) is 0.815. The summed E-state index contributed by atoms with van der Waals surface area (Å²) < 4.78 is 52.6. The van der Waals surface area contributed by atoms with E-state index in [0.29, 0.717) is 5.69 Å². The number of hydrogen-bond acceptors (Lipinski definition) is 3. The van der Waals surface area contributed by atoms with Crippen LogP contribution in [0.25, 0.3) is 0 Å². The van der Waals surface area contributed by atoms with Crippen LogP contribution in [-0.4, -0.2) is 19.2 Å². The molecule has 2 rings (SSSR count). The van der Waals surface area contributed by atoms with Crippen molar-refractivity contribution in [3.8, 4) is 0 Å². The Bertz CT molecular complexity index is 739. The van der Waals surface area contributed by atoms with E-state index in [4.69, 9.17) is 0 Å². The summed E-state index contributed by atoms with van der Waals surface area (Å²) in [6.07, 6.45) is 1.73. The molecule has 0 amide bonds.